The van der Waals surface area contributed by atoms with Crippen molar-refractivity contribution in [3.05, 3.63) is 23.8 Å². The maximum absolute atomic E-state index is 5.72. The minimum absolute atomic E-state index is 0.0756. The Bertz CT molecular complexity index is 382. The molecule has 0 bridgehead atoms. The third-order valence-corrected chi connectivity index (χ3v) is 3.43. The summed E-state index contributed by atoms with van der Waals surface area (Å²) >= 11 is 0. The van der Waals surface area contributed by atoms with Gasteiger partial charge in [-0.15, -0.1) is 0 Å². The third-order valence-electron chi connectivity index (χ3n) is 3.43. The van der Waals surface area contributed by atoms with E-state index in [0.29, 0.717) is 5.92 Å². The van der Waals surface area contributed by atoms with Crippen LogP contribution in [0.4, 0.5) is 0 Å². The van der Waals surface area contributed by atoms with Gasteiger partial charge >= 0.3 is 0 Å². The van der Waals surface area contributed by atoms with E-state index in [0.717, 1.165) is 23.5 Å². The Balaban J connectivity index is 2.95. The summed E-state index contributed by atoms with van der Waals surface area (Å²) in [4.78, 5) is 0. The smallest absolute Gasteiger partial charge is 0.123 e. The molecule has 3 N–H and O–H groups in total. The Morgan fingerprint density at radius 3 is 2.53 bits per heavy atom. The van der Waals surface area contributed by atoms with Crippen molar-refractivity contribution in [2.45, 2.75) is 39.2 Å². The molecule has 4 heteroatoms. The molecule has 1 aromatic rings. The lowest BCUT2D eigenvalue weighted by Crippen LogP contribution is -2.29. The highest BCUT2D eigenvalue weighted by molar-refractivity contribution is 5.42. The summed E-state index contributed by atoms with van der Waals surface area (Å²) in [5, 5.41) is 0. The molecule has 1 aromatic carbocycles. The van der Waals surface area contributed by atoms with Crippen LogP contribution in [0.15, 0.2) is 18.2 Å². The summed E-state index contributed by atoms with van der Waals surface area (Å²) < 4.78 is 10.7. The van der Waals surface area contributed by atoms with Crippen LogP contribution in [0.2, 0.25) is 0 Å². The summed E-state index contributed by atoms with van der Waals surface area (Å²) in [6.45, 7) is 4.45. The van der Waals surface area contributed by atoms with Gasteiger partial charge in [-0.25, -0.2) is 0 Å². The van der Waals surface area contributed by atoms with Crippen LogP contribution in [0.5, 0.6) is 11.5 Å². The quantitative estimate of drug-likeness (QED) is 0.561. The van der Waals surface area contributed by atoms with E-state index in [-0.39, 0.29) is 6.04 Å². The molecule has 4 nitrogen and oxygen atoms in total. The number of rotatable bonds is 8. The number of nitrogens with two attached hydrogens (primary N) is 1. The second-order valence-corrected chi connectivity index (χ2v) is 4.96. The predicted octanol–water partition coefficient (Wildman–Crippen LogP) is 3.03. The number of hydrogen-bond acceptors (Lipinski definition) is 4. The van der Waals surface area contributed by atoms with Crippen molar-refractivity contribution in [1.82, 2.24) is 5.43 Å². The molecule has 0 saturated heterocycles. The first-order chi connectivity index (χ1) is 9.15. The molecule has 0 radical (unpaired) electrons. The van der Waals surface area contributed by atoms with E-state index in [2.05, 4.69) is 19.3 Å². The van der Waals surface area contributed by atoms with Crippen molar-refractivity contribution in [1.29, 1.82) is 0 Å². The normalized spacial score (nSPS) is 13.9. The van der Waals surface area contributed by atoms with Gasteiger partial charge in [-0.1, -0.05) is 26.7 Å². The van der Waals surface area contributed by atoms with Crippen LogP contribution < -0.4 is 20.7 Å². The van der Waals surface area contributed by atoms with Crippen LogP contribution in [0.1, 0.15) is 44.7 Å². The molecule has 0 saturated carbocycles. The Kier molecular flexibility index (Phi) is 6.67. The van der Waals surface area contributed by atoms with E-state index < -0.39 is 0 Å². The highest BCUT2D eigenvalue weighted by Crippen LogP contribution is 2.33. The van der Waals surface area contributed by atoms with Crippen LogP contribution >= 0.6 is 0 Å². The fraction of sp³-hybridized carbons (Fsp3) is 0.600. The average Bonchev–Trinajstić information content (AvgIpc) is 2.44. The fourth-order valence-corrected chi connectivity index (χ4v) is 2.41. The van der Waals surface area contributed by atoms with Gasteiger partial charge in [0.15, 0.2) is 0 Å². The van der Waals surface area contributed by atoms with Crippen molar-refractivity contribution >= 4 is 0 Å². The number of nitrogens with one attached hydrogen (secondary N) is 1. The van der Waals surface area contributed by atoms with Crippen LogP contribution in [-0.2, 0) is 0 Å². The molecule has 0 spiro atoms. The fourth-order valence-electron chi connectivity index (χ4n) is 2.41. The molecule has 2 unspecified atom stereocenters. The second-order valence-electron chi connectivity index (χ2n) is 4.96. The molecule has 0 aliphatic heterocycles. The highest BCUT2D eigenvalue weighted by Gasteiger charge is 2.18. The third kappa shape index (κ3) is 4.40. The Morgan fingerprint density at radius 1 is 1.26 bits per heavy atom. The van der Waals surface area contributed by atoms with Crippen molar-refractivity contribution in [2.24, 2.45) is 11.8 Å². The van der Waals surface area contributed by atoms with Gasteiger partial charge in [-0.3, -0.25) is 11.3 Å². The molecule has 1 rings (SSSR count). The molecule has 0 heterocycles. The lowest BCUT2D eigenvalue weighted by atomic mass is 9.93. The molecule has 0 aliphatic carbocycles. The first-order valence-corrected chi connectivity index (χ1v) is 6.84. The molecule has 0 aromatic heterocycles. The molecular weight excluding hydrogens is 240 g/mol. The summed E-state index contributed by atoms with van der Waals surface area (Å²) in [5.74, 6) is 7.99. The van der Waals surface area contributed by atoms with Crippen LogP contribution in [0, 0.1) is 5.92 Å². The first kappa shape index (κ1) is 15.8. The largest absolute Gasteiger partial charge is 0.497 e. The van der Waals surface area contributed by atoms with Gasteiger partial charge in [0.2, 0.25) is 0 Å². The van der Waals surface area contributed by atoms with Gasteiger partial charge < -0.3 is 9.47 Å². The lowest BCUT2D eigenvalue weighted by molar-refractivity contribution is 0.363. The molecule has 0 fully saturated rings. The summed E-state index contributed by atoms with van der Waals surface area (Å²) in [7, 11) is 3.34. The van der Waals surface area contributed by atoms with Crippen molar-refractivity contribution in [2.75, 3.05) is 14.2 Å². The van der Waals surface area contributed by atoms with Crippen LogP contribution in [0.3, 0.4) is 0 Å². The van der Waals surface area contributed by atoms with Gasteiger partial charge in [0.05, 0.1) is 20.3 Å². The van der Waals surface area contributed by atoms with Crippen molar-refractivity contribution in [3.63, 3.8) is 0 Å². The molecular formula is C15H26N2O2. The van der Waals surface area contributed by atoms with E-state index in [1.807, 2.05) is 18.2 Å². The Hall–Kier alpha value is -1.26. The number of hydrogen-bond donors (Lipinski definition) is 2. The SMILES string of the molecule is CCCC(C)CC(NN)c1cc(OC)ccc1OC. The highest BCUT2D eigenvalue weighted by atomic mass is 16.5. The van der Waals surface area contributed by atoms with Crippen molar-refractivity contribution in [3.8, 4) is 11.5 Å². The van der Waals surface area contributed by atoms with Crippen LogP contribution in [0.25, 0.3) is 0 Å². The zero-order valence-corrected chi connectivity index (χ0v) is 12.4. The topological polar surface area (TPSA) is 56.5 Å². The van der Waals surface area contributed by atoms with E-state index >= 15 is 0 Å². The standard InChI is InChI=1S/C15H26N2O2/c1-5-6-11(2)9-14(17-16)13-10-12(18-3)7-8-15(13)19-4/h7-8,10-11,14,17H,5-6,9,16H2,1-4H3. The maximum Gasteiger partial charge on any atom is 0.123 e. The zero-order chi connectivity index (χ0) is 14.3. The maximum atomic E-state index is 5.72. The van der Waals surface area contributed by atoms with Gasteiger partial charge in [0.25, 0.3) is 0 Å². The van der Waals surface area contributed by atoms with E-state index in [1.165, 1.54) is 12.8 Å². The second kappa shape index (κ2) is 8.02. The van der Waals surface area contributed by atoms with E-state index in [4.69, 9.17) is 15.3 Å². The average molecular weight is 266 g/mol. The Morgan fingerprint density at radius 2 is 2.00 bits per heavy atom. The minimum atomic E-state index is 0.0756. The summed E-state index contributed by atoms with van der Waals surface area (Å²) in [5.41, 5.74) is 3.95. The molecule has 108 valence electrons. The van der Waals surface area contributed by atoms with Gasteiger partial charge in [-0.2, -0.15) is 0 Å². The van der Waals surface area contributed by atoms with Crippen LogP contribution in [-0.4, -0.2) is 14.2 Å². The predicted molar refractivity (Wildman–Crippen MR) is 78.3 cm³/mol. The minimum Gasteiger partial charge on any atom is -0.497 e. The monoisotopic (exact) mass is 266 g/mol. The number of benzene rings is 1. The van der Waals surface area contributed by atoms with E-state index in [9.17, 15) is 0 Å². The zero-order valence-electron chi connectivity index (χ0n) is 12.4. The molecule has 0 amide bonds. The van der Waals surface area contributed by atoms with Gasteiger partial charge in [0.1, 0.15) is 11.5 Å². The molecule has 0 aliphatic rings. The first-order valence-electron chi connectivity index (χ1n) is 6.84. The number of methoxy groups -OCH3 is 2. The molecule has 19 heavy (non-hydrogen) atoms. The molecule has 2 atom stereocenters. The van der Waals surface area contributed by atoms with Crippen molar-refractivity contribution < 1.29 is 9.47 Å². The number of hydrazine groups is 1. The Labute approximate surface area is 116 Å². The van der Waals surface area contributed by atoms with E-state index in [1.54, 1.807) is 14.2 Å². The van der Waals surface area contributed by atoms with Gasteiger partial charge in [0, 0.05) is 5.56 Å². The lowest BCUT2D eigenvalue weighted by Gasteiger charge is -2.22. The number of ether oxygens (including phenoxy) is 2. The van der Waals surface area contributed by atoms with Gasteiger partial charge in [-0.05, 0) is 30.5 Å². The summed E-state index contributed by atoms with van der Waals surface area (Å²) in [6.07, 6.45) is 3.37. The summed E-state index contributed by atoms with van der Waals surface area (Å²) in [6, 6.07) is 5.88.